The Morgan fingerprint density at radius 1 is 1.20 bits per heavy atom. The second-order valence-corrected chi connectivity index (χ2v) is 6.47. The van der Waals surface area contributed by atoms with E-state index >= 15 is 0 Å². The van der Waals surface area contributed by atoms with Crippen molar-refractivity contribution >= 4 is 17.4 Å². The van der Waals surface area contributed by atoms with Gasteiger partial charge in [0.05, 0.1) is 12.3 Å². The quantitative estimate of drug-likeness (QED) is 0.376. The molecule has 25 heavy (non-hydrogen) atoms. The van der Waals surface area contributed by atoms with Crippen LogP contribution in [0.4, 0.5) is 0 Å². The van der Waals surface area contributed by atoms with E-state index in [2.05, 4.69) is 11.9 Å². The van der Waals surface area contributed by atoms with Crippen molar-refractivity contribution in [2.45, 2.75) is 19.0 Å². The predicted molar refractivity (Wildman–Crippen MR) is 98.5 cm³/mol. The van der Waals surface area contributed by atoms with Gasteiger partial charge in [0.15, 0.2) is 16.7 Å². The molecule has 132 valence electrons. The van der Waals surface area contributed by atoms with Gasteiger partial charge in [-0.2, -0.15) is 0 Å². The van der Waals surface area contributed by atoms with E-state index < -0.39 is 0 Å². The van der Waals surface area contributed by atoms with Crippen molar-refractivity contribution < 1.29 is 14.6 Å². The molecule has 0 amide bonds. The van der Waals surface area contributed by atoms with Crippen LogP contribution in [0.5, 0.6) is 11.5 Å². The number of phenolic OH excluding ortho intramolecular Hbond substituents is 1. The second-order valence-electron chi connectivity index (χ2n) is 5.24. The number of hydrogen-bond donors (Lipinski definition) is 1. The van der Waals surface area contributed by atoms with Gasteiger partial charge >= 0.3 is 0 Å². The maximum absolute atomic E-state index is 10.2. The number of benzene rings is 1. The van der Waals surface area contributed by atoms with Crippen LogP contribution in [0.25, 0.3) is 16.9 Å². The lowest BCUT2D eigenvalue weighted by molar-refractivity contribution is 0.109. The number of imidazole rings is 1. The minimum absolute atomic E-state index is 0.0868. The summed E-state index contributed by atoms with van der Waals surface area (Å²) in [4.78, 5) is 9.06. The highest BCUT2D eigenvalue weighted by atomic mass is 32.2. The largest absolute Gasteiger partial charge is 0.504 e. The number of hydrogen-bond acceptors (Lipinski definition) is 6. The molecule has 1 aromatic carbocycles. The van der Waals surface area contributed by atoms with E-state index in [1.165, 1.54) is 0 Å². The van der Waals surface area contributed by atoms with Crippen LogP contribution in [0.3, 0.4) is 0 Å². The summed E-state index contributed by atoms with van der Waals surface area (Å²) >= 11 is 1.65. The lowest BCUT2D eigenvalue weighted by Crippen LogP contribution is -2.06. The number of phenols is 1. The van der Waals surface area contributed by atoms with Crippen molar-refractivity contribution in [3.8, 4) is 22.8 Å². The first-order valence-electron chi connectivity index (χ1n) is 8.23. The van der Waals surface area contributed by atoms with Crippen LogP contribution < -0.4 is 4.74 Å². The van der Waals surface area contributed by atoms with Gasteiger partial charge in [0.2, 0.25) is 0 Å². The van der Waals surface area contributed by atoms with E-state index in [4.69, 9.17) is 14.5 Å². The maximum Gasteiger partial charge on any atom is 0.174 e. The summed E-state index contributed by atoms with van der Waals surface area (Å²) in [6, 6.07) is 7.21. The molecule has 0 spiro atoms. The molecule has 0 fully saturated rings. The molecule has 0 saturated heterocycles. The fourth-order valence-corrected chi connectivity index (χ4v) is 3.14. The molecule has 0 aliphatic heterocycles. The van der Waals surface area contributed by atoms with E-state index in [0.717, 1.165) is 27.8 Å². The molecule has 0 bridgehead atoms. The third-order valence-corrected chi connectivity index (χ3v) is 4.41. The molecule has 0 unspecified atom stereocenters. The van der Waals surface area contributed by atoms with E-state index in [1.807, 2.05) is 29.7 Å². The van der Waals surface area contributed by atoms with Crippen LogP contribution in [0.15, 0.2) is 41.8 Å². The highest BCUT2D eigenvalue weighted by Gasteiger charge is 2.11. The van der Waals surface area contributed by atoms with E-state index in [-0.39, 0.29) is 5.75 Å². The summed E-state index contributed by atoms with van der Waals surface area (Å²) < 4.78 is 12.7. The number of aromatic hydroxyl groups is 1. The zero-order chi connectivity index (χ0) is 17.6. The number of ether oxygens (including phenoxy) is 2. The van der Waals surface area contributed by atoms with Crippen molar-refractivity contribution in [2.24, 2.45) is 0 Å². The Kier molecular flexibility index (Phi) is 5.78. The lowest BCUT2D eigenvalue weighted by Gasteiger charge is -2.11. The molecule has 0 aliphatic carbocycles. The molecule has 6 nitrogen and oxygen atoms in total. The zero-order valence-electron chi connectivity index (χ0n) is 14.3. The highest BCUT2D eigenvalue weighted by Crippen LogP contribution is 2.32. The Bertz CT molecular complexity index is 851. The Hall–Kier alpha value is -2.25. The molecule has 7 heteroatoms. The van der Waals surface area contributed by atoms with Crippen LogP contribution >= 0.6 is 11.8 Å². The Labute approximate surface area is 150 Å². The highest BCUT2D eigenvalue weighted by molar-refractivity contribution is 7.99. The first-order valence-corrected chi connectivity index (χ1v) is 9.22. The third-order valence-electron chi connectivity index (χ3n) is 3.57. The minimum atomic E-state index is 0.0868. The Morgan fingerprint density at radius 3 is 2.84 bits per heavy atom. The number of aromatic nitrogens is 3. The van der Waals surface area contributed by atoms with Crippen molar-refractivity contribution in [3.05, 3.63) is 36.7 Å². The van der Waals surface area contributed by atoms with Gasteiger partial charge in [-0.15, -0.1) is 0 Å². The van der Waals surface area contributed by atoms with Crippen LogP contribution in [-0.4, -0.2) is 45.0 Å². The van der Waals surface area contributed by atoms with Crippen LogP contribution in [0.1, 0.15) is 13.8 Å². The van der Waals surface area contributed by atoms with Crippen molar-refractivity contribution in [3.63, 3.8) is 0 Å². The summed E-state index contributed by atoms with van der Waals surface area (Å²) in [5, 5.41) is 11.1. The molecule has 0 aliphatic rings. The second kappa shape index (κ2) is 8.22. The van der Waals surface area contributed by atoms with E-state index in [0.29, 0.717) is 25.6 Å². The average Bonchev–Trinajstić information content (AvgIpc) is 3.09. The monoisotopic (exact) mass is 359 g/mol. The first kappa shape index (κ1) is 17.6. The number of thioether (sulfide) groups is 1. The molecule has 3 aromatic rings. The van der Waals surface area contributed by atoms with E-state index in [9.17, 15) is 5.11 Å². The van der Waals surface area contributed by atoms with Crippen molar-refractivity contribution in [1.82, 2.24) is 14.4 Å². The van der Waals surface area contributed by atoms with Crippen LogP contribution in [0.2, 0.25) is 0 Å². The summed E-state index contributed by atoms with van der Waals surface area (Å²) in [7, 11) is 0. The van der Waals surface area contributed by atoms with Crippen molar-refractivity contribution in [2.75, 3.05) is 25.6 Å². The molecule has 0 radical (unpaired) electrons. The van der Waals surface area contributed by atoms with Gasteiger partial charge in [-0.05, 0) is 30.9 Å². The van der Waals surface area contributed by atoms with Gasteiger partial charge < -0.3 is 14.6 Å². The zero-order valence-corrected chi connectivity index (χ0v) is 15.1. The van der Waals surface area contributed by atoms with Gasteiger partial charge in [-0.3, -0.25) is 4.40 Å². The van der Waals surface area contributed by atoms with E-state index in [1.54, 1.807) is 30.1 Å². The van der Waals surface area contributed by atoms with Crippen molar-refractivity contribution in [1.29, 1.82) is 0 Å². The predicted octanol–water partition coefficient (Wildman–Crippen LogP) is 3.63. The summed E-state index contributed by atoms with van der Waals surface area (Å²) in [5.74, 6) is 1.44. The molecular formula is C18H21N3O3S. The molecule has 2 heterocycles. The molecule has 0 saturated carbocycles. The molecular weight excluding hydrogens is 338 g/mol. The Morgan fingerprint density at radius 2 is 2.08 bits per heavy atom. The first-order chi connectivity index (χ1) is 12.2. The molecule has 0 atom stereocenters. The standard InChI is InChI=1S/C18H21N3O3S/c1-3-23-9-10-24-16-6-5-13(11-15(16)22)14-12-17-19-7-8-21(17)18(20-14)25-4-2/h5-8,11-12,22H,3-4,9-10H2,1-2H3. The van der Waals surface area contributed by atoms with Gasteiger partial charge in [0, 0.05) is 30.6 Å². The fourth-order valence-electron chi connectivity index (χ4n) is 2.43. The normalized spacial score (nSPS) is 11.1. The van der Waals surface area contributed by atoms with Gasteiger partial charge in [0.1, 0.15) is 12.3 Å². The SMILES string of the molecule is CCOCCOc1ccc(-c2cc3nccn3c(SCC)n2)cc1O. The smallest absolute Gasteiger partial charge is 0.174 e. The fraction of sp³-hybridized carbons (Fsp3) is 0.333. The number of nitrogens with zero attached hydrogens (tertiary/aromatic N) is 3. The topological polar surface area (TPSA) is 68.9 Å². The number of rotatable bonds is 8. The minimum Gasteiger partial charge on any atom is -0.504 e. The maximum atomic E-state index is 10.2. The summed E-state index contributed by atoms with van der Waals surface area (Å²) in [6.07, 6.45) is 3.66. The van der Waals surface area contributed by atoms with Gasteiger partial charge in [-0.1, -0.05) is 18.7 Å². The number of fused-ring (bicyclic) bond motifs is 1. The average molecular weight is 359 g/mol. The molecule has 3 rings (SSSR count). The Balaban J connectivity index is 1.86. The van der Waals surface area contributed by atoms with Crippen LogP contribution in [-0.2, 0) is 4.74 Å². The van der Waals surface area contributed by atoms with Gasteiger partial charge in [-0.25, -0.2) is 9.97 Å². The lowest BCUT2D eigenvalue weighted by atomic mass is 10.1. The van der Waals surface area contributed by atoms with Crippen LogP contribution in [0, 0.1) is 0 Å². The summed E-state index contributed by atoms with van der Waals surface area (Å²) in [5.41, 5.74) is 2.42. The third kappa shape index (κ3) is 4.05. The molecule has 2 aromatic heterocycles. The van der Waals surface area contributed by atoms with Gasteiger partial charge in [0.25, 0.3) is 0 Å². The molecule has 1 N–H and O–H groups in total. The summed E-state index contributed by atoms with van der Waals surface area (Å²) in [6.45, 7) is 5.56.